The normalized spacial score (nSPS) is 10.1. The van der Waals surface area contributed by atoms with Gasteiger partial charge in [-0.15, -0.1) is 0 Å². The monoisotopic (exact) mass is 539 g/mol. The summed E-state index contributed by atoms with van der Waals surface area (Å²) in [5, 5.41) is 12.2. The molecule has 12 heteroatoms. The van der Waals surface area contributed by atoms with Crippen LogP contribution in [0.3, 0.4) is 0 Å². The smallest absolute Gasteiger partial charge is 0.361 e. The number of rotatable bonds is 9. The molecular formula is C23H33Cl2FN2O7. The van der Waals surface area contributed by atoms with Gasteiger partial charge in [-0.05, 0) is 35.4 Å². The minimum Gasteiger partial charge on any atom is -0.477 e. The Hall–Kier alpha value is -2.31. The molecule has 0 heterocycles. The molecule has 0 unspecified atom stereocenters. The van der Waals surface area contributed by atoms with E-state index in [9.17, 15) is 14.0 Å². The van der Waals surface area contributed by atoms with Crippen LogP contribution < -0.4 is 11.1 Å². The molecule has 0 aliphatic carbocycles. The molecule has 0 aromatic heterocycles. The number of carboxylic acids is 1. The minimum atomic E-state index is -1.13. The van der Waals surface area contributed by atoms with Crippen molar-refractivity contribution in [1.82, 2.24) is 5.32 Å². The lowest BCUT2D eigenvalue weighted by atomic mass is 10.2. The number of carbonyl (C=O) groups excluding carboxylic acids is 1. The van der Waals surface area contributed by atoms with Gasteiger partial charge in [-0.25, -0.2) is 4.79 Å². The molecule has 4 N–H and O–H groups in total. The third kappa shape index (κ3) is 16.9. The summed E-state index contributed by atoms with van der Waals surface area (Å²) in [6, 6.07) is 14.8. The summed E-state index contributed by atoms with van der Waals surface area (Å²) < 4.78 is 33.8. The highest BCUT2D eigenvalue weighted by Gasteiger charge is 2.15. The predicted octanol–water partition coefficient (Wildman–Crippen LogP) is 3.65. The Morgan fingerprint density at radius 1 is 0.971 bits per heavy atom. The van der Waals surface area contributed by atoms with E-state index in [1.54, 1.807) is 12.1 Å². The second kappa shape index (κ2) is 22.2. The number of aliphatic carboxylic acids is 1. The van der Waals surface area contributed by atoms with Crippen molar-refractivity contribution in [3.8, 4) is 0 Å². The first-order valence-corrected chi connectivity index (χ1v) is 10.5. The van der Waals surface area contributed by atoms with E-state index in [4.69, 9.17) is 44.9 Å². The van der Waals surface area contributed by atoms with E-state index in [1.807, 2.05) is 36.4 Å². The molecule has 35 heavy (non-hydrogen) atoms. The molecule has 0 aliphatic heterocycles. The second-order valence-electron chi connectivity index (χ2n) is 6.13. The van der Waals surface area contributed by atoms with E-state index >= 15 is 0 Å². The van der Waals surface area contributed by atoms with Crippen molar-refractivity contribution in [1.29, 1.82) is 0 Å². The van der Waals surface area contributed by atoms with Crippen LogP contribution in [0.5, 0.6) is 0 Å². The Bertz CT molecular complexity index is 861. The van der Waals surface area contributed by atoms with Crippen LogP contribution in [0.1, 0.15) is 12.5 Å². The van der Waals surface area contributed by atoms with Crippen molar-refractivity contribution in [3.63, 3.8) is 0 Å². The predicted molar refractivity (Wildman–Crippen MR) is 133 cm³/mol. The zero-order valence-corrected chi connectivity index (χ0v) is 21.5. The van der Waals surface area contributed by atoms with Crippen molar-refractivity contribution < 1.29 is 39.4 Å². The Kier molecular flexibility index (Phi) is 20.7. The van der Waals surface area contributed by atoms with Crippen molar-refractivity contribution in [3.05, 3.63) is 69.7 Å². The first-order chi connectivity index (χ1) is 17.1. The maximum atomic E-state index is 11.5. The Balaban J connectivity index is 0. The molecule has 0 radical (unpaired) electrons. The molecule has 0 fully saturated rings. The molecule has 2 rings (SSSR count). The summed E-state index contributed by atoms with van der Waals surface area (Å²) >= 11 is 11.5. The first-order valence-electron chi connectivity index (χ1n) is 10.5. The van der Waals surface area contributed by atoms with Gasteiger partial charge in [0.15, 0.2) is 0 Å². The summed E-state index contributed by atoms with van der Waals surface area (Å²) in [6.07, 6.45) is -2.01. The summed E-state index contributed by atoms with van der Waals surface area (Å²) in [5.74, 6) is -1.43. The Labute approximate surface area is 216 Å². The molecule has 2 aromatic carbocycles. The highest BCUT2D eigenvalue weighted by Crippen LogP contribution is 2.10. The average molecular weight is 540 g/mol. The number of hydrogen-bond acceptors (Lipinski definition) is 7. The topological polar surface area (TPSA) is 129 Å². The van der Waals surface area contributed by atoms with E-state index in [0.29, 0.717) is 18.1 Å². The SMILES string of the molecule is COC(OC)C(=O)NCc1cccc(Cl)c1.COC(OC)C(=O)O.NCc1cccc(Cl)c1.[2H]CF. The number of alkyl halides is 1. The lowest BCUT2D eigenvalue weighted by molar-refractivity contribution is -0.177. The maximum absolute atomic E-state index is 11.5. The van der Waals surface area contributed by atoms with E-state index in [1.165, 1.54) is 28.4 Å². The number of carboxylic acid groups (broad SMARTS) is 1. The lowest BCUT2D eigenvalue weighted by Crippen LogP contribution is -2.36. The third-order valence-electron chi connectivity index (χ3n) is 3.75. The number of amides is 1. The van der Waals surface area contributed by atoms with Gasteiger partial charge in [0.05, 0.1) is 8.52 Å². The number of halogens is 3. The molecular weight excluding hydrogens is 506 g/mol. The van der Waals surface area contributed by atoms with Crippen molar-refractivity contribution in [2.45, 2.75) is 25.7 Å². The number of methoxy groups -OCH3 is 4. The van der Waals surface area contributed by atoms with Gasteiger partial charge >= 0.3 is 5.97 Å². The summed E-state index contributed by atoms with van der Waals surface area (Å²) in [4.78, 5) is 21.4. The molecule has 198 valence electrons. The zero-order valence-electron chi connectivity index (χ0n) is 21.0. The highest BCUT2D eigenvalue weighted by molar-refractivity contribution is 6.30. The fourth-order valence-electron chi connectivity index (χ4n) is 2.19. The van der Waals surface area contributed by atoms with Crippen LogP contribution >= 0.6 is 23.2 Å². The molecule has 9 nitrogen and oxygen atoms in total. The summed E-state index contributed by atoms with van der Waals surface area (Å²) in [7, 11) is 4.35. The standard InChI is InChI=1S/C11H14ClNO3.C7H8ClN.C4H8O4.CH3F/c1-15-11(16-2)10(14)13-7-8-4-3-5-9(12)6-8;8-7-3-1-2-6(4-7)5-9;1-7-4(8-2)3(5)6;1-2/h3-6,11H,7H2,1-2H3,(H,13,14);1-4H,5,9H2;4H,1-2H3,(H,5,6);1H3/i;;;1D. The number of nitrogens with two attached hydrogens (primary N) is 1. The molecule has 1 amide bonds. The molecule has 0 aliphatic rings. The largest absolute Gasteiger partial charge is 0.477 e. The van der Waals surface area contributed by atoms with E-state index in [0.717, 1.165) is 16.1 Å². The number of nitrogens with one attached hydrogen (secondary N) is 1. The van der Waals surface area contributed by atoms with Crippen LogP contribution in [0.25, 0.3) is 0 Å². The Morgan fingerprint density at radius 2 is 1.40 bits per heavy atom. The van der Waals surface area contributed by atoms with Crippen LogP contribution in [0.4, 0.5) is 4.39 Å². The zero-order chi connectivity index (χ0) is 27.9. The number of ether oxygens (including phenoxy) is 4. The van der Waals surface area contributed by atoms with Gasteiger partial charge < -0.3 is 35.1 Å². The van der Waals surface area contributed by atoms with E-state index < -0.39 is 25.7 Å². The van der Waals surface area contributed by atoms with Gasteiger partial charge in [0.1, 0.15) is 0 Å². The van der Waals surface area contributed by atoms with Gasteiger partial charge in [-0.3, -0.25) is 9.18 Å². The average Bonchev–Trinajstić information content (AvgIpc) is 2.85. The summed E-state index contributed by atoms with van der Waals surface area (Å²) in [5.41, 5.74) is 7.35. The minimum absolute atomic E-state index is 0.315. The number of benzene rings is 2. The lowest BCUT2D eigenvalue weighted by Gasteiger charge is -2.13. The highest BCUT2D eigenvalue weighted by atomic mass is 35.5. The second-order valence-corrected chi connectivity index (χ2v) is 7.00. The van der Waals surface area contributed by atoms with Gasteiger partial charge in [0.2, 0.25) is 6.29 Å². The van der Waals surface area contributed by atoms with Crippen LogP contribution in [0, 0.1) is 0 Å². The molecule has 0 saturated heterocycles. The fraction of sp³-hybridized carbons (Fsp3) is 0.391. The van der Waals surface area contributed by atoms with E-state index in [2.05, 4.69) is 14.8 Å². The van der Waals surface area contributed by atoms with Gasteiger partial charge in [-0.1, -0.05) is 47.5 Å². The van der Waals surface area contributed by atoms with Crippen molar-refractivity contribution in [2.24, 2.45) is 5.73 Å². The van der Waals surface area contributed by atoms with Crippen molar-refractivity contribution >= 4 is 35.1 Å². The summed E-state index contributed by atoms with van der Waals surface area (Å²) in [6.45, 7) is 0.948. The van der Waals surface area contributed by atoms with Gasteiger partial charge in [0.25, 0.3) is 12.2 Å². The number of carbonyl (C=O) groups is 2. The molecule has 2 aromatic rings. The van der Waals surface area contributed by atoms with Crippen LogP contribution in [-0.4, -0.2) is 65.2 Å². The van der Waals surface area contributed by atoms with E-state index in [-0.39, 0.29) is 5.91 Å². The molecule has 0 atom stereocenters. The van der Waals surface area contributed by atoms with Crippen LogP contribution in [-0.2, 0) is 41.6 Å². The van der Waals surface area contributed by atoms with Gasteiger partial charge in [-0.2, -0.15) is 0 Å². The van der Waals surface area contributed by atoms with Crippen LogP contribution in [0.2, 0.25) is 10.0 Å². The fourth-order valence-corrected chi connectivity index (χ4v) is 2.62. The molecule has 0 saturated carbocycles. The molecule has 0 spiro atoms. The van der Waals surface area contributed by atoms with Gasteiger partial charge in [0, 0.05) is 51.6 Å². The quantitative estimate of drug-likeness (QED) is 0.411. The van der Waals surface area contributed by atoms with Crippen molar-refractivity contribution in [2.75, 3.05) is 35.6 Å². The first kappa shape index (κ1) is 32.7. The Morgan fingerprint density at radius 3 is 1.71 bits per heavy atom. The van der Waals surface area contributed by atoms with Crippen LogP contribution in [0.15, 0.2) is 48.5 Å². The maximum Gasteiger partial charge on any atom is 0.361 e. The third-order valence-corrected chi connectivity index (χ3v) is 4.22. The molecule has 0 bridgehead atoms. The number of hydrogen-bond donors (Lipinski definition) is 3.